The fourth-order valence-electron chi connectivity index (χ4n) is 3.61. The van der Waals surface area contributed by atoms with Crippen molar-refractivity contribution in [3.63, 3.8) is 0 Å². The predicted molar refractivity (Wildman–Crippen MR) is 114 cm³/mol. The Morgan fingerprint density at radius 3 is 2.27 bits per heavy atom. The van der Waals surface area contributed by atoms with Gasteiger partial charge in [-0.3, -0.25) is 19.3 Å². The summed E-state index contributed by atoms with van der Waals surface area (Å²) in [5, 5.41) is 12.3. The van der Waals surface area contributed by atoms with Gasteiger partial charge in [0.25, 0.3) is 11.8 Å². The second-order valence-electron chi connectivity index (χ2n) is 6.98. The number of piperazine rings is 1. The Morgan fingerprint density at radius 1 is 0.933 bits per heavy atom. The summed E-state index contributed by atoms with van der Waals surface area (Å²) >= 11 is 3.17. The first-order valence-electron chi connectivity index (χ1n) is 9.47. The van der Waals surface area contributed by atoms with Crippen LogP contribution in [0.2, 0.25) is 0 Å². The van der Waals surface area contributed by atoms with Gasteiger partial charge in [0.2, 0.25) is 11.0 Å². The van der Waals surface area contributed by atoms with Crippen LogP contribution in [0.15, 0.2) is 41.8 Å². The number of carbonyl (C=O) groups is 3. The van der Waals surface area contributed by atoms with E-state index in [-0.39, 0.29) is 12.5 Å². The minimum atomic E-state index is -0.405. The van der Waals surface area contributed by atoms with Crippen LogP contribution in [0.5, 0.6) is 0 Å². The predicted octanol–water partition coefficient (Wildman–Crippen LogP) is 2.21. The molecule has 8 nitrogen and oxygen atoms in total. The van der Waals surface area contributed by atoms with E-state index in [2.05, 4.69) is 15.1 Å². The standard InChI is InChI=1S/C20H17N5O3S2/c26-16(12-25-18(27)13-4-1-2-5-14(13)19(25)28)23-7-9-24(10-8-23)20-22-21-17(30-20)15-6-3-11-29-15/h1-6,11H,7-10,12H2. The van der Waals surface area contributed by atoms with Crippen LogP contribution < -0.4 is 4.90 Å². The average Bonchev–Trinajstić information content (AvgIpc) is 3.52. The molecular weight excluding hydrogens is 422 g/mol. The van der Waals surface area contributed by atoms with Gasteiger partial charge in [-0.15, -0.1) is 21.5 Å². The Morgan fingerprint density at radius 2 is 1.63 bits per heavy atom. The number of anilines is 1. The summed E-state index contributed by atoms with van der Waals surface area (Å²) in [5.41, 5.74) is 0.718. The van der Waals surface area contributed by atoms with E-state index in [0.29, 0.717) is 37.3 Å². The van der Waals surface area contributed by atoms with Crippen LogP contribution >= 0.6 is 22.7 Å². The zero-order valence-corrected chi connectivity index (χ0v) is 17.5. The number of rotatable bonds is 4. The molecule has 0 N–H and O–H groups in total. The van der Waals surface area contributed by atoms with Crippen molar-refractivity contribution in [2.75, 3.05) is 37.6 Å². The number of thiophene rings is 1. The normalized spacial score (nSPS) is 16.3. The lowest BCUT2D eigenvalue weighted by Gasteiger charge is -2.34. The molecular formula is C20H17N5O3S2. The summed E-state index contributed by atoms with van der Waals surface area (Å²) in [7, 11) is 0. The molecule has 1 saturated heterocycles. The van der Waals surface area contributed by atoms with Crippen molar-refractivity contribution in [3.05, 3.63) is 52.9 Å². The molecule has 0 radical (unpaired) electrons. The maximum Gasteiger partial charge on any atom is 0.262 e. The first kappa shape index (κ1) is 18.9. The molecule has 0 aliphatic carbocycles. The fourth-order valence-corrected chi connectivity index (χ4v) is 5.30. The minimum Gasteiger partial charge on any atom is -0.343 e. The molecule has 0 saturated carbocycles. The highest BCUT2D eigenvalue weighted by molar-refractivity contribution is 7.22. The molecule has 4 heterocycles. The summed E-state index contributed by atoms with van der Waals surface area (Å²) in [6, 6.07) is 10.7. The van der Waals surface area contributed by atoms with Crippen molar-refractivity contribution < 1.29 is 14.4 Å². The molecule has 152 valence electrons. The molecule has 0 unspecified atom stereocenters. The topological polar surface area (TPSA) is 86.7 Å². The van der Waals surface area contributed by atoms with Gasteiger partial charge in [-0.1, -0.05) is 29.5 Å². The summed E-state index contributed by atoms with van der Waals surface area (Å²) in [5.74, 6) is -1.03. The lowest BCUT2D eigenvalue weighted by Crippen LogP contribution is -2.51. The fraction of sp³-hybridized carbons (Fsp3) is 0.250. The third-order valence-electron chi connectivity index (χ3n) is 5.22. The van der Waals surface area contributed by atoms with Gasteiger partial charge in [-0.05, 0) is 23.6 Å². The SMILES string of the molecule is O=C(CN1C(=O)c2ccccc2C1=O)N1CCN(c2nnc(-c3cccs3)s2)CC1. The Kier molecular flexibility index (Phi) is 4.80. The van der Waals surface area contributed by atoms with Crippen LogP contribution in [-0.4, -0.2) is 70.4 Å². The summed E-state index contributed by atoms with van der Waals surface area (Å²) < 4.78 is 0. The van der Waals surface area contributed by atoms with Crippen LogP contribution in [0.25, 0.3) is 9.88 Å². The summed E-state index contributed by atoms with van der Waals surface area (Å²) in [6.45, 7) is 2.05. The average molecular weight is 440 g/mol. The summed E-state index contributed by atoms with van der Waals surface area (Å²) in [4.78, 5) is 43.6. The molecule has 1 fully saturated rings. The molecule has 2 aliphatic heterocycles. The van der Waals surface area contributed by atoms with E-state index in [4.69, 9.17) is 0 Å². The van der Waals surface area contributed by atoms with Crippen LogP contribution in [0.1, 0.15) is 20.7 Å². The van der Waals surface area contributed by atoms with Gasteiger partial charge in [0.15, 0.2) is 5.01 Å². The molecule has 0 atom stereocenters. The highest BCUT2D eigenvalue weighted by Crippen LogP contribution is 2.32. The monoisotopic (exact) mass is 439 g/mol. The second kappa shape index (κ2) is 7.62. The Balaban J connectivity index is 1.20. The zero-order chi connectivity index (χ0) is 20.7. The van der Waals surface area contributed by atoms with E-state index in [0.717, 1.165) is 19.9 Å². The van der Waals surface area contributed by atoms with E-state index in [1.54, 1.807) is 40.5 Å². The van der Waals surface area contributed by atoms with Crippen molar-refractivity contribution in [1.82, 2.24) is 20.0 Å². The Bertz CT molecular complexity index is 1080. The van der Waals surface area contributed by atoms with Crippen LogP contribution in [0.4, 0.5) is 5.13 Å². The molecule has 0 bridgehead atoms. The van der Waals surface area contributed by atoms with Gasteiger partial charge in [0.1, 0.15) is 6.54 Å². The maximum atomic E-state index is 12.7. The third-order valence-corrected chi connectivity index (χ3v) is 7.24. The van der Waals surface area contributed by atoms with E-state index in [1.807, 2.05) is 17.5 Å². The number of carbonyl (C=O) groups excluding carboxylic acids is 3. The molecule has 2 aromatic heterocycles. The Labute approximate surface area is 180 Å². The molecule has 1 aromatic carbocycles. The van der Waals surface area contributed by atoms with Crippen molar-refractivity contribution in [3.8, 4) is 9.88 Å². The number of benzene rings is 1. The molecule has 30 heavy (non-hydrogen) atoms. The minimum absolute atomic E-state index is 0.222. The highest BCUT2D eigenvalue weighted by atomic mass is 32.1. The molecule has 5 rings (SSSR count). The van der Waals surface area contributed by atoms with Crippen LogP contribution in [0.3, 0.4) is 0 Å². The summed E-state index contributed by atoms with van der Waals surface area (Å²) in [6.07, 6.45) is 0. The first-order chi connectivity index (χ1) is 14.6. The molecule has 10 heteroatoms. The molecule has 3 amide bonds. The Hall–Kier alpha value is -3.11. The van der Waals surface area contributed by atoms with Crippen molar-refractivity contribution in [2.45, 2.75) is 0 Å². The quantitative estimate of drug-likeness (QED) is 0.580. The molecule has 2 aliphatic rings. The number of hydrogen-bond donors (Lipinski definition) is 0. The number of imide groups is 1. The largest absolute Gasteiger partial charge is 0.343 e. The van der Waals surface area contributed by atoms with Crippen molar-refractivity contribution in [2.24, 2.45) is 0 Å². The zero-order valence-electron chi connectivity index (χ0n) is 15.9. The van der Waals surface area contributed by atoms with Crippen LogP contribution in [-0.2, 0) is 4.79 Å². The molecule has 0 spiro atoms. The maximum absolute atomic E-state index is 12.7. The number of nitrogens with zero attached hydrogens (tertiary/aromatic N) is 5. The lowest BCUT2D eigenvalue weighted by molar-refractivity contribution is -0.131. The number of hydrogen-bond acceptors (Lipinski definition) is 8. The van der Waals surface area contributed by atoms with Gasteiger partial charge in [0.05, 0.1) is 16.0 Å². The van der Waals surface area contributed by atoms with Gasteiger partial charge in [-0.25, -0.2) is 0 Å². The van der Waals surface area contributed by atoms with E-state index in [1.165, 1.54) is 11.3 Å². The van der Waals surface area contributed by atoms with Crippen LogP contribution in [0, 0.1) is 0 Å². The van der Waals surface area contributed by atoms with E-state index < -0.39 is 11.8 Å². The molecule has 3 aromatic rings. The lowest BCUT2D eigenvalue weighted by atomic mass is 10.1. The second-order valence-corrected chi connectivity index (χ2v) is 8.88. The number of fused-ring (bicyclic) bond motifs is 1. The number of aromatic nitrogens is 2. The van der Waals surface area contributed by atoms with Crippen molar-refractivity contribution in [1.29, 1.82) is 0 Å². The van der Waals surface area contributed by atoms with Gasteiger partial charge in [-0.2, -0.15) is 0 Å². The van der Waals surface area contributed by atoms with Gasteiger partial charge in [0, 0.05) is 26.2 Å². The van der Waals surface area contributed by atoms with Crippen molar-refractivity contribution >= 4 is 45.5 Å². The van der Waals surface area contributed by atoms with Gasteiger partial charge >= 0.3 is 0 Å². The van der Waals surface area contributed by atoms with E-state index >= 15 is 0 Å². The third kappa shape index (κ3) is 3.27. The smallest absolute Gasteiger partial charge is 0.262 e. The van der Waals surface area contributed by atoms with E-state index in [9.17, 15) is 14.4 Å². The van der Waals surface area contributed by atoms with Gasteiger partial charge < -0.3 is 9.80 Å². The first-order valence-corrected chi connectivity index (χ1v) is 11.2. The number of amides is 3. The highest BCUT2D eigenvalue weighted by Gasteiger charge is 2.37.